The van der Waals surface area contributed by atoms with Crippen molar-refractivity contribution in [3.05, 3.63) is 40.2 Å². The maximum Gasteiger partial charge on any atom is 0.407 e. The number of allylic oxidation sites excluding steroid dienone is 1. The molecule has 11 heteroatoms. The molecule has 4 bridgehead atoms. The Bertz CT molecular complexity index is 1460. The van der Waals surface area contributed by atoms with Gasteiger partial charge in [-0.3, -0.25) is 9.59 Å². The van der Waals surface area contributed by atoms with E-state index in [2.05, 4.69) is 10.3 Å². The van der Waals surface area contributed by atoms with Gasteiger partial charge in [0.1, 0.15) is 29.7 Å². The number of fused-ring (bicyclic) bond motifs is 3. The van der Waals surface area contributed by atoms with Crippen molar-refractivity contribution in [2.75, 3.05) is 27.4 Å². The summed E-state index contributed by atoms with van der Waals surface area (Å²) in [6.45, 7) is 4.21. The minimum Gasteiger partial charge on any atom is -0.496 e. The van der Waals surface area contributed by atoms with Crippen LogP contribution in [0.1, 0.15) is 64.4 Å². The number of carbonyl (C=O) groups is 3. The Morgan fingerprint density at radius 3 is 2.56 bits per heavy atom. The van der Waals surface area contributed by atoms with Gasteiger partial charge in [0.05, 0.1) is 32.9 Å². The summed E-state index contributed by atoms with van der Waals surface area (Å²) in [7, 11) is 2.84. The third kappa shape index (κ3) is 6.81. The summed E-state index contributed by atoms with van der Waals surface area (Å²) in [4.78, 5) is 57.1. The van der Waals surface area contributed by atoms with E-state index in [0.717, 1.165) is 37.7 Å². The molecule has 2 fully saturated rings. The smallest absolute Gasteiger partial charge is 0.407 e. The van der Waals surface area contributed by atoms with Gasteiger partial charge in [0, 0.05) is 34.9 Å². The van der Waals surface area contributed by atoms with Crippen molar-refractivity contribution < 1.29 is 33.3 Å². The first-order chi connectivity index (χ1) is 20.6. The average Bonchev–Trinajstić information content (AvgIpc) is 3.41. The number of aromatic amines is 1. The highest BCUT2D eigenvalue weighted by Crippen LogP contribution is 2.35. The summed E-state index contributed by atoms with van der Waals surface area (Å²) in [5.74, 6) is -0.109. The molecule has 2 aliphatic heterocycles. The van der Waals surface area contributed by atoms with Crippen molar-refractivity contribution in [2.24, 2.45) is 11.3 Å². The van der Waals surface area contributed by atoms with Crippen LogP contribution >= 0.6 is 0 Å². The number of pyridine rings is 1. The van der Waals surface area contributed by atoms with E-state index in [0.29, 0.717) is 28.8 Å². The van der Waals surface area contributed by atoms with Crippen molar-refractivity contribution >= 4 is 34.9 Å². The Morgan fingerprint density at radius 1 is 1.07 bits per heavy atom. The van der Waals surface area contributed by atoms with E-state index in [1.807, 2.05) is 32.1 Å². The molecule has 0 radical (unpaired) electrons. The molecule has 43 heavy (non-hydrogen) atoms. The maximum atomic E-state index is 14.2. The first-order valence-corrected chi connectivity index (χ1v) is 15.0. The summed E-state index contributed by atoms with van der Waals surface area (Å²) >= 11 is 0. The molecule has 1 aliphatic carbocycles. The summed E-state index contributed by atoms with van der Waals surface area (Å²) in [6.07, 6.45) is 7.99. The van der Waals surface area contributed by atoms with E-state index < -0.39 is 35.7 Å². The number of alkyl carbamates (subject to hydrolysis) is 1. The number of ether oxygens (including phenoxy) is 4. The zero-order valence-corrected chi connectivity index (χ0v) is 25.3. The van der Waals surface area contributed by atoms with Gasteiger partial charge in [0.2, 0.25) is 5.91 Å². The number of H-pyrrole nitrogens is 1. The van der Waals surface area contributed by atoms with Crippen molar-refractivity contribution in [3.8, 4) is 11.5 Å². The fraction of sp³-hybridized carbons (Fsp3) is 0.562. The van der Waals surface area contributed by atoms with Crippen LogP contribution in [0.2, 0.25) is 0 Å². The van der Waals surface area contributed by atoms with Gasteiger partial charge in [-0.15, -0.1) is 0 Å². The lowest BCUT2D eigenvalue weighted by molar-refractivity contribution is -0.152. The van der Waals surface area contributed by atoms with Crippen LogP contribution in [0.25, 0.3) is 17.0 Å². The number of carbonyl (C=O) groups excluding carboxylic acids is 3. The first kappa shape index (κ1) is 30.4. The average molecular weight is 596 g/mol. The molecule has 1 saturated carbocycles. The normalized spacial score (nSPS) is 24.9. The van der Waals surface area contributed by atoms with Crippen LogP contribution in [-0.4, -0.2) is 73.4 Å². The molecule has 3 heterocycles. The molecule has 0 unspecified atom stereocenters. The second kappa shape index (κ2) is 12.7. The van der Waals surface area contributed by atoms with Crippen LogP contribution in [0.5, 0.6) is 11.5 Å². The van der Waals surface area contributed by atoms with E-state index in [-0.39, 0.29) is 37.0 Å². The topological polar surface area (TPSA) is 136 Å². The first-order valence-electron chi connectivity index (χ1n) is 15.0. The summed E-state index contributed by atoms with van der Waals surface area (Å²) < 4.78 is 22.7. The van der Waals surface area contributed by atoms with Gasteiger partial charge in [-0.1, -0.05) is 45.3 Å². The highest BCUT2D eigenvalue weighted by atomic mass is 16.5. The number of hydrogen-bond acceptors (Lipinski definition) is 8. The van der Waals surface area contributed by atoms with Gasteiger partial charge in [0.15, 0.2) is 0 Å². The molecular weight excluding hydrogens is 554 g/mol. The molecule has 11 nitrogen and oxygen atoms in total. The molecule has 3 atom stereocenters. The molecule has 0 spiro atoms. The second-order valence-electron chi connectivity index (χ2n) is 12.5. The molecule has 1 aromatic carbocycles. The molecule has 2 aromatic rings. The number of rotatable bonds is 3. The lowest BCUT2D eigenvalue weighted by Gasteiger charge is -2.34. The highest BCUT2D eigenvalue weighted by Gasteiger charge is 2.45. The monoisotopic (exact) mass is 595 g/mol. The van der Waals surface area contributed by atoms with Crippen LogP contribution in [0.15, 0.2) is 29.1 Å². The van der Waals surface area contributed by atoms with Crippen LogP contribution in [0, 0.1) is 11.3 Å². The molecule has 2 N–H and O–H groups in total. The number of benzene rings is 1. The van der Waals surface area contributed by atoms with E-state index >= 15 is 0 Å². The highest BCUT2D eigenvalue weighted by molar-refractivity contribution is 5.91. The van der Waals surface area contributed by atoms with Crippen molar-refractivity contribution in [3.63, 3.8) is 0 Å². The van der Waals surface area contributed by atoms with Gasteiger partial charge < -0.3 is 34.1 Å². The van der Waals surface area contributed by atoms with Gasteiger partial charge >= 0.3 is 12.1 Å². The van der Waals surface area contributed by atoms with Crippen molar-refractivity contribution in [1.82, 2.24) is 15.2 Å². The van der Waals surface area contributed by atoms with Crippen LogP contribution in [0.3, 0.4) is 0 Å². The van der Waals surface area contributed by atoms with E-state index in [1.165, 1.54) is 18.1 Å². The number of nitrogens with one attached hydrogen (secondary N) is 2. The number of esters is 1. The van der Waals surface area contributed by atoms with Crippen LogP contribution in [-0.2, 0) is 19.1 Å². The van der Waals surface area contributed by atoms with E-state index in [1.54, 1.807) is 13.2 Å². The van der Waals surface area contributed by atoms with Crippen molar-refractivity contribution in [2.45, 2.75) is 77.0 Å². The Balaban J connectivity index is 1.58. The molecule has 5 rings (SSSR count). The van der Waals surface area contributed by atoms with Crippen LogP contribution < -0.4 is 20.3 Å². The Morgan fingerprint density at radius 2 is 1.84 bits per heavy atom. The second-order valence-corrected chi connectivity index (χ2v) is 12.5. The van der Waals surface area contributed by atoms with Gasteiger partial charge in [-0.25, -0.2) is 9.59 Å². The predicted molar refractivity (Wildman–Crippen MR) is 160 cm³/mol. The van der Waals surface area contributed by atoms with Gasteiger partial charge in [0.25, 0.3) is 5.56 Å². The van der Waals surface area contributed by atoms with Gasteiger partial charge in [-0.05, 0) is 31.2 Å². The maximum absolute atomic E-state index is 14.2. The largest absolute Gasteiger partial charge is 0.496 e. The third-order valence-electron chi connectivity index (χ3n) is 8.69. The number of methoxy groups -OCH3 is 2. The molecule has 1 aromatic heterocycles. The minimum atomic E-state index is -0.903. The number of hydrogen-bond donors (Lipinski definition) is 2. The van der Waals surface area contributed by atoms with Gasteiger partial charge in [-0.2, -0.15) is 0 Å². The lowest BCUT2D eigenvalue weighted by Crippen LogP contribution is -2.55. The number of aromatic nitrogens is 1. The SMILES string of the molecule is COC(=O)[C@@H]1C[C@@H]2CN1C(=O)[C@H](C1CCCCC1)NC(=O)OCC(C)(C)CC=Cc1cc3c(cc(=O)[nH]c3cc1OC)O2. The molecule has 3 aliphatic rings. The zero-order valence-electron chi connectivity index (χ0n) is 25.3. The Labute approximate surface area is 250 Å². The van der Waals surface area contributed by atoms with E-state index in [4.69, 9.17) is 18.9 Å². The summed E-state index contributed by atoms with van der Waals surface area (Å²) in [6, 6.07) is 3.25. The summed E-state index contributed by atoms with van der Waals surface area (Å²) in [5.41, 5.74) is 0.557. The molecule has 1 saturated heterocycles. The predicted octanol–water partition coefficient (Wildman–Crippen LogP) is 4.18. The lowest BCUT2D eigenvalue weighted by atomic mass is 9.83. The van der Waals surface area contributed by atoms with Crippen LogP contribution in [0.4, 0.5) is 4.79 Å². The third-order valence-corrected chi connectivity index (χ3v) is 8.69. The fourth-order valence-electron chi connectivity index (χ4n) is 6.36. The molecular formula is C32H41N3O8. The Kier molecular flexibility index (Phi) is 8.98. The summed E-state index contributed by atoms with van der Waals surface area (Å²) in [5, 5.41) is 3.52. The molecule has 232 valence electrons. The van der Waals surface area contributed by atoms with E-state index in [9.17, 15) is 19.2 Å². The quantitative estimate of drug-likeness (QED) is 0.505. The minimum absolute atomic E-state index is 0.0846. The Hall–Kier alpha value is -4.02. The fourth-order valence-corrected chi connectivity index (χ4v) is 6.36. The zero-order chi connectivity index (χ0) is 30.7. The number of nitrogens with zero attached hydrogens (tertiary/aromatic N) is 1. The number of amides is 2. The standard InChI is InChI=1S/C32H41N3O8/c1-32(2)12-8-11-20-13-22-23(15-25(20)40-3)33-27(36)16-26(22)43-21-14-24(30(38)41-4)35(17-21)29(37)28(34-31(39)42-18-32)19-9-6-5-7-10-19/h8,11,13,15-16,19,21,24,28H,5-7,9-10,12,14,17-18H2,1-4H3,(H,33,36)(H,34,39)/t21-,24+,28+/m1/s1. The number of cyclic esters (lactones) is 1. The molecule has 2 amide bonds. The van der Waals surface area contributed by atoms with Crippen molar-refractivity contribution in [1.29, 1.82) is 0 Å².